The highest BCUT2D eigenvalue weighted by atomic mass is 16.3. The number of aromatic hydroxyl groups is 1. The summed E-state index contributed by atoms with van der Waals surface area (Å²) in [5.74, 6) is -1.66. The average molecular weight is 302 g/mol. The molecule has 112 valence electrons. The van der Waals surface area contributed by atoms with Crippen molar-refractivity contribution < 1.29 is 9.90 Å². The van der Waals surface area contributed by atoms with Crippen LogP contribution in [0.15, 0.2) is 27.8 Å². The quantitative estimate of drug-likeness (QED) is 0.492. The van der Waals surface area contributed by atoms with E-state index in [0.29, 0.717) is 16.7 Å². The van der Waals surface area contributed by atoms with Crippen molar-refractivity contribution in [2.45, 2.75) is 0 Å². The molecule has 10 heteroatoms. The van der Waals surface area contributed by atoms with Crippen molar-refractivity contribution in [3.05, 3.63) is 44.6 Å². The first-order chi connectivity index (χ1) is 10.4. The maximum absolute atomic E-state index is 12.1. The van der Waals surface area contributed by atoms with E-state index >= 15 is 0 Å². The minimum Gasteiger partial charge on any atom is -0.494 e. The third kappa shape index (κ3) is 2.32. The van der Waals surface area contributed by atoms with E-state index in [0.717, 1.165) is 0 Å². The first kappa shape index (κ1) is 13.5. The number of H-pyrrole nitrogens is 2. The van der Waals surface area contributed by atoms with Crippen molar-refractivity contribution in [2.24, 2.45) is 7.05 Å². The number of aryl methyl sites for hydroxylation is 1. The van der Waals surface area contributed by atoms with Gasteiger partial charge >= 0.3 is 5.69 Å². The van der Waals surface area contributed by atoms with Crippen LogP contribution in [-0.2, 0) is 7.05 Å². The average Bonchev–Trinajstić information content (AvgIpc) is 2.76. The number of fused-ring (bicyclic) bond motifs is 1. The first-order valence-electron chi connectivity index (χ1n) is 6.12. The van der Waals surface area contributed by atoms with Gasteiger partial charge in [-0.3, -0.25) is 19.6 Å². The van der Waals surface area contributed by atoms with Crippen LogP contribution in [0.1, 0.15) is 10.4 Å². The molecule has 0 fully saturated rings. The van der Waals surface area contributed by atoms with E-state index in [2.05, 4.69) is 15.5 Å². The molecule has 0 radical (unpaired) electrons. The lowest BCUT2D eigenvalue weighted by Crippen LogP contribution is -2.30. The number of aromatic amines is 2. The number of rotatable bonds is 2. The topological polar surface area (TPSA) is 146 Å². The van der Waals surface area contributed by atoms with E-state index in [1.54, 1.807) is 25.2 Å². The standard InChI is InChI=1S/C12H10N6O4/c1-18-16-6-3-2-5(4-7(6)17-18)13-9(19)8-10(20)14-12(22)15-11(8)21/h2-4H,1H3,(H,13,19)(H3,14,15,20,21,22). The molecule has 0 aliphatic carbocycles. The summed E-state index contributed by atoms with van der Waals surface area (Å²) >= 11 is 0. The van der Waals surface area contributed by atoms with Crippen LogP contribution in [0.2, 0.25) is 0 Å². The monoisotopic (exact) mass is 302 g/mol. The van der Waals surface area contributed by atoms with Gasteiger partial charge < -0.3 is 10.4 Å². The second kappa shape index (κ2) is 4.84. The lowest BCUT2D eigenvalue weighted by Gasteiger charge is -2.05. The molecule has 1 aromatic carbocycles. The number of hydrogen-bond acceptors (Lipinski definition) is 6. The molecule has 4 N–H and O–H groups in total. The number of carbonyl (C=O) groups excluding carboxylic acids is 1. The highest BCUT2D eigenvalue weighted by molar-refractivity contribution is 6.06. The van der Waals surface area contributed by atoms with Crippen molar-refractivity contribution in [2.75, 3.05) is 5.32 Å². The van der Waals surface area contributed by atoms with Crippen LogP contribution in [0.4, 0.5) is 5.69 Å². The zero-order valence-electron chi connectivity index (χ0n) is 11.2. The van der Waals surface area contributed by atoms with Gasteiger partial charge in [0.1, 0.15) is 11.0 Å². The fourth-order valence-corrected chi connectivity index (χ4v) is 1.98. The van der Waals surface area contributed by atoms with Crippen LogP contribution in [0, 0.1) is 0 Å². The maximum atomic E-state index is 12.1. The largest absolute Gasteiger partial charge is 0.494 e. The molecule has 3 aromatic rings. The van der Waals surface area contributed by atoms with Gasteiger partial charge in [0.25, 0.3) is 11.5 Å². The van der Waals surface area contributed by atoms with Gasteiger partial charge in [0, 0.05) is 12.7 Å². The molecule has 10 nitrogen and oxygen atoms in total. The van der Waals surface area contributed by atoms with Gasteiger partial charge in [-0.25, -0.2) is 4.79 Å². The zero-order valence-corrected chi connectivity index (χ0v) is 11.2. The van der Waals surface area contributed by atoms with Crippen LogP contribution in [0.25, 0.3) is 11.0 Å². The summed E-state index contributed by atoms with van der Waals surface area (Å²) in [6.07, 6.45) is 0. The van der Waals surface area contributed by atoms with Gasteiger partial charge in [0.2, 0.25) is 5.88 Å². The summed E-state index contributed by atoms with van der Waals surface area (Å²) in [5, 5.41) is 20.2. The Morgan fingerprint density at radius 3 is 2.68 bits per heavy atom. The summed E-state index contributed by atoms with van der Waals surface area (Å²) in [6.45, 7) is 0. The molecule has 22 heavy (non-hydrogen) atoms. The number of aromatic nitrogens is 5. The van der Waals surface area contributed by atoms with Gasteiger partial charge in [0.05, 0.1) is 0 Å². The van der Waals surface area contributed by atoms with Crippen LogP contribution in [0.5, 0.6) is 5.88 Å². The number of amides is 1. The molecule has 0 bridgehead atoms. The number of hydrogen-bond donors (Lipinski definition) is 4. The molecular weight excluding hydrogens is 292 g/mol. The Morgan fingerprint density at radius 1 is 1.23 bits per heavy atom. The molecule has 2 heterocycles. The predicted octanol–water partition coefficient (Wildman–Crippen LogP) is -0.697. The fraction of sp³-hybridized carbons (Fsp3) is 0.0833. The first-order valence-corrected chi connectivity index (χ1v) is 6.12. The van der Waals surface area contributed by atoms with E-state index < -0.39 is 28.6 Å². The molecule has 0 aliphatic heterocycles. The SMILES string of the molecule is Cn1nc2ccc(NC(=O)c3c(O)[nH]c(=O)[nH]c3=O)cc2n1. The second-order valence-corrected chi connectivity index (χ2v) is 4.48. The molecule has 0 atom stereocenters. The van der Waals surface area contributed by atoms with E-state index in [-0.39, 0.29) is 0 Å². The Morgan fingerprint density at radius 2 is 1.95 bits per heavy atom. The highest BCUT2D eigenvalue weighted by Crippen LogP contribution is 2.17. The molecule has 0 unspecified atom stereocenters. The zero-order chi connectivity index (χ0) is 15.9. The smallest absolute Gasteiger partial charge is 0.328 e. The van der Waals surface area contributed by atoms with Crippen LogP contribution >= 0.6 is 0 Å². The Balaban J connectivity index is 1.96. The summed E-state index contributed by atoms with van der Waals surface area (Å²) in [7, 11) is 1.66. The van der Waals surface area contributed by atoms with E-state index in [4.69, 9.17) is 0 Å². The van der Waals surface area contributed by atoms with Gasteiger partial charge in [-0.15, -0.1) is 0 Å². The number of nitrogens with one attached hydrogen (secondary N) is 3. The predicted molar refractivity (Wildman–Crippen MR) is 75.8 cm³/mol. The van der Waals surface area contributed by atoms with Gasteiger partial charge in [-0.1, -0.05) is 0 Å². The van der Waals surface area contributed by atoms with E-state index in [1.165, 1.54) is 4.80 Å². The lowest BCUT2D eigenvalue weighted by atomic mass is 10.2. The third-order valence-corrected chi connectivity index (χ3v) is 2.89. The van der Waals surface area contributed by atoms with Gasteiger partial charge in [-0.2, -0.15) is 15.0 Å². The number of benzene rings is 1. The Labute approximate surface area is 121 Å². The number of anilines is 1. The third-order valence-electron chi connectivity index (χ3n) is 2.89. The van der Waals surface area contributed by atoms with Crippen molar-refractivity contribution >= 4 is 22.6 Å². The molecule has 3 rings (SSSR count). The molecule has 0 aliphatic rings. The molecule has 0 spiro atoms. The minimum atomic E-state index is -0.987. The molecular formula is C12H10N6O4. The lowest BCUT2D eigenvalue weighted by molar-refractivity contribution is 0.102. The van der Waals surface area contributed by atoms with Crippen LogP contribution in [0.3, 0.4) is 0 Å². The summed E-state index contributed by atoms with van der Waals surface area (Å²) in [5.41, 5.74) is -0.911. The second-order valence-electron chi connectivity index (χ2n) is 4.48. The van der Waals surface area contributed by atoms with Crippen molar-refractivity contribution in [3.8, 4) is 5.88 Å². The van der Waals surface area contributed by atoms with Gasteiger partial charge in [0.15, 0.2) is 5.56 Å². The fourth-order valence-electron chi connectivity index (χ4n) is 1.98. The summed E-state index contributed by atoms with van der Waals surface area (Å²) < 4.78 is 0. The summed E-state index contributed by atoms with van der Waals surface area (Å²) in [4.78, 5) is 39.8. The normalized spacial score (nSPS) is 10.8. The molecule has 2 aromatic heterocycles. The minimum absolute atomic E-state index is 0.364. The molecule has 0 saturated heterocycles. The van der Waals surface area contributed by atoms with Gasteiger partial charge in [-0.05, 0) is 18.2 Å². The Hall–Kier alpha value is -3.43. The summed E-state index contributed by atoms with van der Waals surface area (Å²) in [6, 6.07) is 4.79. The van der Waals surface area contributed by atoms with E-state index in [9.17, 15) is 19.5 Å². The number of carbonyl (C=O) groups is 1. The van der Waals surface area contributed by atoms with E-state index in [1.807, 2.05) is 9.97 Å². The Bertz CT molecular complexity index is 999. The Kier molecular flexibility index (Phi) is 2.98. The van der Waals surface area contributed by atoms with Crippen molar-refractivity contribution in [3.63, 3.8) is 0 Å². The highest BCUT2D eigenvalue weighted by Gasteiger charge is 2.18. The van der Waals surface area contributed by atoms with Crippen LogP contribution in [-0.4, -0.2) is 36.0 Å². The van der Waals surface area contributed by atoms with Crippen molar-refractivity contribution in [1.29, 1.82) is 0 Å². The van der Waals surface area contributed by atoms with Crippen LogP contribution < -0.4 is 16.6 Å². The van der Waals surface area contributed by atoms with Crippen molar-refractivity contribution in [1.82, 2.24) is 25.0 Å². The maximum Gasteiger partial charge on any atom is 0.328 e. The number of nitrogens with zero attached hydrogens (tertiary/aromatic N) is 3. The molecule has 1 amide bonds. The molecule has 0 saturated carbocycles.